The molecule has 11 heavy (non-hydrogen) atoms. The van der Waals surface area contributed by atoms with E-state index in [9.17, 15) is 0 Å². The Labute approximate surface area is 67.9 Å². The number of hydrogen-bond donors (Lipinski definition) is 0. The summed E-state index contributed by atoms with van der Waals surface area (Å²) in [6.07, 6.45) is 10.8. The number of hydrogen-bond acceptors (Lipinski definition) is 2. The van der Waals surface area contributed by atoms with Gasteiger partial charge in [0.1, 0.15) is 13.2 Å². The molecule has 0 saturated carbocycles. The highest BCUT2D eigenvalue weighted by atomic mass is 16.5. The third-order valence-electron chi connectivity index (χ3n) is 0.948. The van der Waals surface area contributed by atoms with E-state index >= 15 is 0 Å². The van der Waals surface area contributed by atoms with Gasteiger partial charge in [0.25, 0.3) is 0 Å². The second kappa shape index (κ2) is 9.04. The van der Waals surface area contributed by atoms with Gasteiger partial charge >= 0.3 is 0 Å². The molecule has 0 unspecified atom stereocenters. The first-order chi connectivity index (χ1) is 5.41. The van der Waals surface area contributed by atoms with Crippen molar-refractivity contribution in [3.8, 4) is 24.7 Å². The topological polar surface area (TPSA) is 18.5 Å². The standard InChI is InChI=1S/C9H12O2/c1-3-6-10-8-5-9-11-7-4-2/h1-2H,5-9H2. The van der Waals surface area contributed by atoms with Crippen molar-refractivity contribution in [1.82, 2.24) is 0 Å². The zero-order chi connectivity index (χ0) is 8.36. The second-order valence-electron chi connectivity index (χ2n) is 1.87. The lowest BCUT2D eigenvalue weighted by atomic mass is 10.5. The molecule has 0 spiro atoms. The summed E-state index contributed by atoms with van der Waals surface area (Å²) in [5.74, 6) is 4.75. The van der Waals surface area contributed by atoms with Crippen molar-refractivity contribution >= 4 is 0 Å². The fraction of sp³-hybridized carbons (Fsp3) is 0.556. The molecule has 0 aliphatic heterocycles. The summed E-state index contributed by atoms with van der Waals surface area (Å²) in [6.45, 7) is 2.01. The van der Waals surface area contributed by atoms with Gasteiger partial charge in [-0.15, -0.1) is 12.8 Å². The van der Waals surface area contributed by atoms with Crippen LogP contribution in [0.4, 0.5) is 0 Å². The van der Waals surface area contributed by atoms with Crippen LogP contribution >= 0.6 is 0 Å². The van der Waals surface area contributed by atoms with Gasteiger partial charge in [0.15, 0.2) is 0 Å². The van der Waals surface area contributed by atoms with Gasteiger partial charge in [0.2, 0.25) is 0 Å². The van der Waals surface area contributed by atoms with E-state index in [0.29, 0.717) is 26.4 Å². The van der Waals surface area contributed by atoms with Crippen molar-refractivity contribution in [2.45, 2.75) is 6.42 Å². The predicted octanol–water partition coefficient (Wildman–Crippen LogP) is 0.676. The smallest absolute Gasteiger partial charge is 0.107 e. The van der Waals surface area contributed by atoms with Gasteiger partial charge in [-0.05, 0) is 6.42 Å². The fourth-order valence-electron chi connectivity index (χ4n) is 0.525. The quantitative estimate of drug-likeness (QED) is 0.411. The lowest BCUT2D eigenvalue weighted by molar-refractivity contribution is 0.111. The molecule has 0 aromatic rings. The molecule has 0 atom stereocenters. The zero-order valence-electron chi connectivity index (χ0n) is 6.51. The minimum Gasteiger partial charge on any atom is -0.369 e. The van der Waals surface area contributed by atoms with Crippen molar-refractivity contribution in [2.75, 3.05) is 26.4 Å². The van der Waals surface area contributed by atoms with Crippen molar-refractivity contribution in [3.05, 3.63) is 0 Å². The Hall–Kier alpha value is -0.960. The number of rotatable bonds is 6. The average molecular weight is 152 g/mol. The monoisotopic (exact) mass is 152 g/mol. The molecule has 0 amide bonds. The second-order valence-corrected chi connectivity index (χ2v) is 1.87. The highest BCUT2D eigenvalue weighted by Gasteiger charge is 1.86. The lowest BCUT2D eigenvalue weighted by Crippen LogP contribution is -2.01. The van der Waals surface area contributed by atoms with Crippen molar-refractivity contribution in [1.29, 1.82) is 0 Å². The Balaban J connectivity index is 2.82. The van der Waals surface area contributed by atoms with Crippen LogP contribution < -0.4 is 0 Å². The Kier molecular flexibility index (Phi) is 8.25. The summed E-state index contributed by atoms with van der Waals surface area (Å²) in [7, 11) is 0. The lowest BCUT2D eigenvalue weighted by Gasteiger charge is -1.99. The van der Waals surface area contributed by atoms with Gasteiger partial charge in [0.05, 0.1) is 13.2 Å². The van der Waals surface area contributed by atoms with Crippen LogP contribution in [-0.2, 0) is 9.47 Å². The summed E-state index contributed by atoms with van der Waals surface area (Å²) in [6, 6.07) is 0. The maximum atomic E-state index is 5.00. The molecule has 0 saturated heterocycles. The summed E-state index contributed by atoms with van der Waals surface area (Å²) >= 11 is 0. The maximum absolute atomic E-state index is 5.00. The number of ether oxygens (including phenoxy) is 2. The molecule has 0 aromatic carbocycles. The molecule has 0 rings (SSSR count). The molecule has 60 valence electrons. The SMILES string of the molecule is C#CCOCCCOCC#C. The summed E-state index contributed by atoms with van der Waals surface area (Å²) in [5.41, 5.74) is 0. The molecule has 0 aliphatic rings. The van der Waals surface area contributed by atoms with Crippen LogP contribution in [0.5, 0.6) is 0 Å². The molecule has 2 nitrogen and oxygen atoms in total. The van der Waals surface area contributed by atoms with Gasteiger partial charge < -0.3 is 9.47 Å². The molecule has 0 heterocycles. The van der Waals surface area contributed by atoms with E-state index in [1.165, 1.54) is 0 Å². The highest BCUT2D eigenvalue weighted by Crippen LogP contribution is 1.83. The summed E-state index contributed by atoms with van der Waals surface area (Å²) in [4.78, 5) is 0. The van der Waals surface area contributed by atoms with Gasteiger partial charge in [-0.25, -0.2) is 0 Å². The molecule has 2 heteroatoms. The first-order valence-electron chi connectivity index (χ1n) is 3.44. The van der Waals surface area contributed by atoms with E-state index in [-0.39, 0.29) is 0 Å². The third kappa shape index (κ3) is 9.04. The minimum atomic E-state index is 0.370. The summed E-state index contributed by atoms with van der Waals surface area (Å²) < 4.78 is 9.99. The van der Waals surface area contributed by atoms with Crippen LogP contribution in [0, 0.1) is 24.7 Å². The van der Waals surface area contributed by atoms with Gasteiger partial charge in [-0.2, -0.15) is 0 Å². The molecule has 0 fully saturated rings. The van der Waals surface area contributed by atoms with E-state index in [2.05, 4.69) is 11.8 Å². The minimum absolute atomic E-state index is 0.370. The van der Waals surface area contributed by atoms with E-state index in [1.54, 1.807) is 0 Å². The van der Waals surface area contributed by atoms with Gasteiger partial charge in [0, 0.05) is 0 Å². The maximum Gasteiger partial charge on any atom is 0.107 e. The zero-order valence-corrected chi connectivity index (χ0v) is 6.51. The number of terminal acetylenes is 2. The van der Waals surface area contributed by atoms with Gasteiger partial charge in [-0.1, -0.05) is 11.8 Å². The van der Waals surface area contributed by atoms with Crippen LogP contribution in [0.2, 0.25) is 0 Å². The van der Waals surface area contributed by atoms with Crippen LogP contribution in [0.3, 0.4) is 0 Å². The normalized spacial score (nSPS) is 8.55. The molecule has 0 radical (unpaired) electrons. The van der Waals surface area contributed by atoms with Crippen LogP contribution in [0.25, 0.3) is 0 Å². The van der Waals surface area contributed by atoms with E-state index in [1.807, 2.05) is 0 Å². The Morgan fingerprint density at radius 3 is 1.73 bits per heavy atom. The fourth-order valence-corrected chi connectivity index (χ4v) is 0.525. The Morgan fingerprint density at radius 1 is 0.909 bits per heavy atom. The van der Waals surface area contributed by atoms with E-state index in [4.69, 9.17) is 22.3 Å². The third-order valence-corrected chi connectivity index (χ3v) is 0.948. The van der Waals surface area contributed by atoms with E-state index in [0.717, 1.165) is 6.42 Å². The van der Waals surface area contributed by atoms with Crippen LogP contribution in [0.15, 0.2) is 0 Å². The van der Waals surface area contributed by atoms with Crippen molar-refractivity contribution in [3.63, 3.8) is 0 Å². The van der Waals surface area contributed by atoms with Crippen LogP contribution in [0.1, 0.15) is 6.42 Å². The van der Waals surface area contributed by atoms with E-state index < -0.39 is 0 Å². The Morgan fingerprint density at radius 2 is 1.36 bits per heavy atom. The van der Waals surface area contributed by atoms with Crippen molar-refractivity contribution in [2.24, 2.45) is 0 Å². The predicted molar refractivity (Wildman–Crippen MR) is 43.9 cm³/mol. The molecule has 0 N–H and O–H groups in total. The first-order valence-corrected chi connectivity index (χ1v) is 3.44. The Bertz CT molecular complexity index is 132. The molecular formula is C9H12O2. The summed E-state index contributed by atoms with van der Waals surface area (Å²) in [5, 5.41) is 0. The molecule has 0 aliphatic carbocycles. The largest absolute Gasteiger partial charge is 0.369 e. The molecule has 0 bridgehead atoms. The first kappa shape index (κ1) is 10.0. The average Bonchev–Trinajstić information content (AvgIpc) is 2.03. The highest BCUT2D eigenvalue weighted by molar-refractivity contribution is 4.83. The molecule has 0 aromatic heterocycles. The van der Waals surface area contributed by atoms with Gasteiger partial charge in [-0.3, -0.25) is 0 Å². The van der Waals surface area contributed by atoms with Crippen LogP contribution in [-0.4, -0.2) is 26.4 Å². The molecular weight excluding hydrogens is 140 g/mol. The van der Waals surface area contributed by atoms with Crippen molar-refractivity contribution < 1.29 is 9.47 Å².